The Balaban J connectivity index is 2.09. The highest BCUT2D eigenvalue weighted by molar-refractivity contribution is 5.94. The Morgan fingerprint density at radius 3 is 2.48 bits per heavy atom. The van der Waals surface area contributed by atoms with E-state index in [1.807, 2.05) is 13.8 Å². The Kier molecular flexibility index (Phi) is 5.84. The largest absolute Gasteiger partial charge is 0.494 e. The van der Waals surface area contributed by atoms with E-state index in [2.05, 4.69) is 5.32 Å². The first-order valence-corrected chi connectivity index (χ1v) is 7.98. The quantitative estimate of drug-likeness (QED) is 0.806. The summed E-state index contributed by atoms with van der Waals surface area (Å²) in [6.45, 7) is 4.78. The Morgan fingerprint density at radius 1 is 1.17 bits per heavy atom. The fourth-order valence-corrected chi connectivity index (χ4v) is 2.82. The number of hydrogen-bond donors (Lipinski definition) is 2. The van der Waals surface area contributed by atoms with Crippen LogP contribution in [0.1, 0.15) is 33.1 Å². The molecule has 126 valence electrons. The first-order valence-electron chi connectivity index (χ1n) is 7.98. The molecule has 0 bridgehead atoms. The molecule has 6 nitrogen and oxygen atoms in total. The molecule has 1 aliphatic rings. The number of nitrogens with one attached hydrogen (secondary N) is 1. The van der Waals surface area contributed by atoms with Gasteiger partial charge in [0.1, 0.15) is 11.5 Å². The van der Waals surface area contributed by atoms with Gasteiger partial charge in [0.25, 0.3) is 0 Å². The second kappa shape index (κ2) is 7.85. The predicted octanol–water partition coefficient (Wildman–Crippen LogP) is 2.92. The van der Waals surface area contributed by atoms with Crippen molar-refractivity contribution >= 4 is 17.6 Å². The molecule has 1 aliphatic carbocycles. The number of benzene rings is 1. The maximum absolute atomic E-state index is 12.4. The summed E-state index contributed by atoms with van der Waals surface area (Å²) in [6.07, 6.45) is 1.53. The van der Waals surface area contributed by atoms with Gasteiger partial charge in [-0.15, -0.1) is 0 Å². The van der Waals surface area contributed by atoms with Gasteiger partial charge in [0.05, 0.1) is 24.8 Å². The molecule has 0 radical (unpaired) electrons. The van der Waals surface area contributed by atoms with Gasteiger partial charge in [-0.1, -0.05) is 0 Å². The third kappa shape index (κ3) is 4.37. The first kappa shape index (κ1) is 17.1. The maximum atomic E-state index is 12.4. The monoisotopic (exact) mass is 321 g/mol. The molecule has 2 atom stereocenters. The molecule has 1 amide bonds. The molecule has 2 rings (SSSR count). The minimum absolute atomic E-state index is 0.164. The zero-order valence-corrected chi connectivity index (χ0v) is 13.5. The van der Waals surface area contributed by atoms with E-state index in [-0.39, 0.29) is 11.8 Å². The standard InChI is InChI=1S/C17H23NO5/c1-3-22-13-7-8-15(23-4-2)14(10-13)18-16(19)11-5-6-12(9-11)17(20)21/h7-8,10-12H,3-6,9H2,1-2H3,(H,18,19)(H,20,21)/t11-,12+/m1/s1. The number of carbonyl (C=O) groups excluding carboxylic acids is 1. The predicted molar refractivity (Wildman–Crippen MR) is 85.9 cm³/mol. The van der Waals surface area contributed by atoms with Crippen LogP contribution in [0.15, 0.2) is 18.2 Å². The molecule has 23 heavy (non-hydrogen) atoms. The minimum Gasteiger partial charge on any atom is -0.494 e. The Morgan fingerprint density at radius 2 is 1.87 bits per heavy atom. The number of aliphatic carboxylic acids is 1. The normalized spacial score (nSPS) is 20.1. The summed E-state index contributed by atoms with van der Waals surface area (Å²) in [5.74, 6) is -0.455. The van der Waals surface area contributed by atoms with Crippen molar-refractivity contribution in [1.29, 1.82) is 0 Å². The second-order valence-electron chi connectivity index (χ2n) is 5.56. The van der Waals surface area contributed by atoms with Gasteiger partial charge in [-0.2, -0.15) is 0 Å². The molecule has 6 heteroatoms. The Labute approximate surface area is 135 Å². The lowest BCUT2D eigenvalue weighted by atomic mass is 10.0. The fourth-order valence-electron chi connectivity index (χ4n) is 2.82. The first-order chi connectivity index (χ1) is 11.0. The number of amides is 1. The molecule has 1 aromatic carbocycles. The lowest BCUT2D eigenvalue weighted by Gasteiger charge is -2.15. The highest BCUT2D eigenvalue weighted by Gasteiger charge is 2.34. The Hall–Kier alpha value is -2.24. The maximum Gasteiger partial charge on any atom is 0.306 e. The van der Waals surface area contributed by atoms with Crippen LogP contribution in [0.5, 0.6) is 11.5 Å². The number of carboxylic acid groups (broad SMARTS) is 1. The van der Waals surface area contributed by atoms with Crippen molar-refractivity contribution in [3.63, 3.8) is 0 Å². The third-order valence-corrected chi connectivity index (χ3v) is 3.97. The molecule has 0 spiro atoms. The van der Waals surface area contributed by atoms with Gasteiger partial charge in [0.15, 0.2) is 0 Å². The molecule has 1 fully saturated rings. The average Bonchev–Trinajstić information content (AvgIpc) is 3.00. The molecule has 1 aromatic rings. The summed E-state index contributed by atoms with van der Waals surface area (Å²) < 4.78 is 11.0. The lowest BCUT2D eigenvalue weighted by molar-refractivity contribution is -0.141. The van der Waals surface area contributed by atoms with Crippen molar-refractivity contribution in [3.05, 3.63) is 18.2 Å². The van der Waals surface area contributed by atoms with Crippen LogP contribution in [0.4, 0.5) is 5.69 Å². The van der Waals surface area contributed by atoms with E-state index in [0.717, 1.165) is 0 Å². The van der Waals surface area contributed by atoms with Crippen molar-refractivity contribution in [2.24, 2.45) is 11.8 Å². The SMILES string of the molecule is CCOc1ccc(OCC)c(NC(=O)[C@@H]2CC[C@H](C(=O)O)C2)c1. The van der Waals surface area contributed by atoms with E-state index in [4.69, 9.17) is 14.6 Å². The molecule has 0 aromatic heterocycles. The van der Waals surface area contributed by atoms with Crippen molar-refractivity contribution in [2.45, 2.75) is 33.1 Å². The zero-order chi connectivity index (χ0) is 16.8. The van der Waals surface area contributed by atoms with Gasteiger partial charge in [-0.3, -0.25) is 9.59 Å². The van der Waals surface area contributed by atoms with Crippen LogP contribution in [0.25, 0.3) is 0 Å². The van der Waals surface area contributed by atoms with Gasteiger partial charge >= 0.3 is 5.97 Å². The fraction of sp³-hybridized carbons (Fsp3) is 0.529. The van der Waals surface area contributed by atoms with E-state index >= 15 is 0 Å². The van der Waals surface area contributed by atoms with Crippen molar-refractivity contribution in [1.82, 2.24) is 0 Å². The summed E-state index contributed by atoms with van der Waals surface area (Å²) in [7, 11) is 0. The third-order valence-electron chi connectivity index (χ3n) is 3.97. The van der Waals surface area contributed by atoms with Gasteiger partial charge in [-0.25, -0.2) is 0 Å². The van der Waals surface area contributed by atoms with Crippen LogP contribution in [-0.2, 0) is 9.59 Å². The molecule has 0 saturated heterocycles. The lowest BCUT2D eigenvalue weighted by Crippen LogP contribution is -2.22. The van der Waals surface area contributed by atoms with E-state index in [0.29, 0.717) is 49.7 Å². The van der Waals surface area contributed by atoms with Crippen LogP contribution in [0.3, 0.4) is 0 Å². The van der Waals surface area contributed by atoms with Gasteiger partial charge in [0, 0.05) is 12.0 Å². The summed E-state index contributed by atoms with van der Waals surface area (Å²) in [4.78, 5) is 23.4. The van der Waals surface area contributed by atoms with Crippen molar-refractivity contribution in [3.8, 4) is 11.5 Å². The summed E-state index contributed by atoms with van der Waals surface area (Å²) in [6, 6.07) is 5.29. The van der Waals surface area contributed by atoms with Gasteiger partial charge < -0.3 is 19.9 Å². The van der Waals surface area contributed by atoms with Crippen molar-refractivity contribution < 1.29 is 24.2 Å². The average molecular weight is 321 g/mol. The van der Waals surface area contributed by atoms with E-state index in [1.165, 1.54) is 0 Å². The number of ether oxygens (including phenoxy) is 2. The number of rotatable bonds is 7. The van der Waals surface area contributed by atoms with Crippen LogP contribution >= 0.6 is 0 Å². The van der Waals surface area contributed by atoms with Gasteiger partial charge in [-0.05, 0) is 45.2 Å². The molecule has 2 N–H and O–H groups in total. The Bertz CT molecular complexity index is 572. The van der Waals surface area contributed by atoms with E-state index in [1.54, 1.807) is 18.2 Å². The number of hydrogen-bond acceptors (Lipinski definition) is 4. The number of carboxylic acids is 1. The van der Waals surface area contributed by atoms with Crippen molar-refractivity contribution in [2.75, 3.05) is 18.5 Å². The zero-order valence-electron chi connectivity index (χ0n) is 13.5. The molecule has 0 unspecified atom stereocenters. The summed E-state index contributed by atoms with van der Waals surface area (Å²) in [5, 5.41) is 11.9. The molecule has 0 heterocycles. The topological polar surface area (TPSA) is 84.9 Å². The molecule has 1 saturated carbocycles. The second-order valence-corrected chi connectivity index (χ2v) is 5.56. The number of anilines is 1. The molecule has 0 aliphatic heterocycles. The smallest absolute Gasteiger partial charge is 0.306 e. The summed E-state index contributed by atoms with van der Waals surface area (Å²) in [5.41, 5.74) is 0.557. The van der Waals surface area contributed by atoms with E-state index < -0.39 is 11.9 Å². The number of carbonyl (C=O) groups is 2. The highest BCUT2D eigenvalue weighted by Crippen LogP contribution is 2.34. The summed E-state index contributed by atoms with van der Waals surface area (Å²) >= 11 is 0. The van der Waals surface area contributed by atoms with Gasteiger partial charge in [0.2, 0.25) is 5.91 Å². The van der Waals surface area contributed by atoms with Crippen LogP contribution in [-0.4, -0.2) is 30.2 Å². The van der Waals surface area contributed by atoms with Crippen LogP contribution in [0, 0.1) is 11.8 Å². The minimum atomic E-state index is -0.825. The molecular weight excluding hydrogens is 298 g/mol. The highest BCUT2D eigenvalue weighted by atomic mass is 16.5. The molecular formula is C17H23NO5. The van der Waals surface area contributed by atoms with E-state index in [9.17, 15) is 9.59 Å². The van der Waals surface area contributed by atoms with Crippen LogP contribution in [0.2, 0.25) is 0 Å². The van der Waals surface area contributed by atoms with Crippen LogP contribution < -0.4 is 14.8 Å².